The average Bonchev–Trinajstić information content (AvgIpc) is 3.78. The molecule has 25 heteroatoms. The van der Waals surface area contributed by atoms with E-state index in [1.807, 2.05) is 0 Å². The van der Waals surface area contributed by atoms with Crippen molar-refractivity contribution >= 4 is 57.9 Å². The summed E-state index contributed by atoms with van der Waals surface area (Å²) < 4.78 is 86.8. The van der Waals surface area contributed by atoms with Crippen LogP contribution in [-0.4, -0.2) is 73.6 Å². The molecule has 7 unspecified atom stereocenters. The molecule has 5 rings (SSSR count). The number of ether oxygens (including phenoxy) is 1. The number of phosphoric acid groups is 2. The molecule has 0 radical (unpaired) electrons. The summed E-state index contributed by atoms with van der Waals surface area (Å²) in [5.74, 6) is -2.21. The minimum absolute atomic E-state index is 0.0213. The monoisotopic (exact) mass is 844 g/mol. The Balaban J connectivity index is 1.28. The Labute approximate surface area is 313 Å². The Morgan fingerprint density at radius 1 is 1.13 bits per heavy atom. The number of nitrogens with zero attached hydrogens (tertiary/aromatic N) is 4. The number of aliphatic hydroxyl groups is 1. The summed E-state index contributed by atoms with van der Waals surface area (Å²) in [5, 5.41) is 13.1. The number of aliphatic hydroxyl groups excluding tert-OH is 1. The highest BCUT2D eigenvalue weighted by atomic mass is 35.5. The van der Waals surface area contributed by atoms with Gasteiger partial charge in [-0.3, -0.25) is 9.32 Å². The van der Waals surface area contributed by atoms with Crippen molar-refractivity contribution in [1.82, 2.24) is 24.6 Å². The maximum atomic E-state index is 14.3. The van der Waals surface area contributed by atoms with Crippen molar-refractivity contribution in [3.05, 3.63) is 41.9 Å². The molecule has 3 aromatic rings. The molecule has 2 saturated carbocycles. The molecule has 0 aliphatic heterocycles. The zero-order valence-electron chi connectivity index (χ0n) is 29.2. The number of benzene rings is 1. The van der Waals surface area contributed by atoms with Gasteiger partial charge in [-0.05, 0) is 66.3 Å². The third-order valence-electron chi connectivity index (χ3n) is 8.52. The molecule has 5 N–H and O–H groups in total. The summed E-state index contributed by atoms with van der Waals surface area (Å²) in [6.45, 7) is 2.05. The van der Waals surface area contributed by atoms with Gasteiger partial charge < -0.3 is 29.6 Å². The van der Waals surface area contributed by atoms with Crippen LogP contribution in [0.4, 0.5) is 10.3 Å². The predicted octanol–water partition coefficient (Wildman–Crippen LogP) is 5.77. The van der Waals surface area contributed by atoms with Crippen LogP contribution in [-0.2, 0) is 50.9 Å². The number of carbonyl (C=O) groups excluding carboxylic acids is 1. The molecule has 2 fully saturated rings. The quantitative estimate of drug-likeness (QED) is 0.0346. The number of nitrogens with two attached hydrogens (primary N) is 1. The van der Waals surface area contributed by atoms with Gasteiger partial charge in [-0.15, -0.1) is 4.67 Å². The van der Waals surface area contributed by atoms with Crippen LogP contribution in [0.3, 0.4) is 0 Å². The highest BCUT2D eigenvalue weighted by molar-refractivity contribution is 7.68. The number of fused-ring (bicyclic) bond motifs is 1. The van der Waals surface area contributed by atoms with E-state index in [1.54, 1.807) is 24.5 Å². The standard InChI is InChI=1S/C29H41ClFN6O14P3/c1-17(2)23(28(39)46-18-10-6-4-7-11-18)36-52(40,48-19-12-8-5-9-13-19)50-54(43,49-44-3)51-53(41,42)45-15-22(47-31)25(38)20-14-21(20)37-16-33-24-26(32)34-29(30)35-27(24)37/h5,8-9,12-13,16-18,20-23,25,38H,4,6-7,10-11,14-15H2,1-3H3,(H,36,40)(H,41,42)(H2,32,34,35)/t20-,21?,22?,23?,25?,52?,54?/m1/s1. The largest absolute Gasteiger partial charge is 0.519 e. The zero-order chi connectivity index (χ0) is 39.3. The van der Waals surface area contributed by atoms with Gasteiger partial charge >= 0.3 is 29.4 Å². The van der Waals surface area contributed by atoms with Crippen molar-refractivity contribution in [1.29, 1.82) is 0 Å². The molecule has 8 atom stereocenters. The Kier molecular flexibility index (Phi) is 14.3. The van der Waals surface area contributed by atoms with E-state index in [1.165, 1.54) is 30.6 Å². The summed E-state index contributed by atoms with van der Waals surface area (Å²) in [4.78, 5) is 44.2. The van der Waals surface area contributed by atoms with Gasteiger partial charge in [0.1, 0.15) is 29.5 Å². The first-order valence-electron chi connectivity index (χ1n) is 16.7. The molecular weight excluding hydrogens is 804 g/mol. The molecule has 54 heavy (non-hydrogen) atoms. The number of hydrogen-bond donors (Lipinski definition) is 4. The van der Waals surface area contributed by atoms with Gasteiger partial charge in [0.25, 0.3) is 0 Å². The second kappa shape index (κ2) is 18.1. The number of rotatable bonds is 20. The summed E-state index contributed by atoms with van der Waals surface area (Å²) >= 11 is 5.92. The van der Waals surface area contributed by atoms with Crippen LogP contribution in [0.25, 0.3) is 11.2 Å². The average molecular weight is 845 g/mol. The van der Waals surface area contributed by atoms with E-state index >= 15 is 0 Å². The molecule has 0 amide bonds. The zero-order valence-corrected chi connectivity index (χ0v) is 32.7. The molecule has 20 nitrogen and oxygen atoms in total. The number of phosphoric ester groups is 1. The van der Waals surface area contributed by atoms with Crippen LogP contribution in [0, 0.1) is 11.8 Å². The minimum atomic E-state index is -5.64. The highest BCUT2D eigenvalue weighted by Crippen LogP contribution is 2.70. The molecular formula is C29H41ClFN6O14P3. The Bertz CT molecular complexity index is 1890. The van der Waals surface area contributed by atoms with Crippen molar-refractivity contribution < 1.29 is 69.9 Å². The fourth-order valence-electron chi connectivity index (χ4n) is 5.83. The van der Waals surface area contributed by atoms with Crippen LogP contribution in [0.1, 0.15) is 58.4 Å². The lowest BCUT2D eigenvalue weighted by Gasteiger charge is -2.30. The maximum absolute atomic E-state index is 14.3. The molecule has 1 aromatic carbocycles. The van der Waals surface area contributed by atoms with Gasteiger partial charge in [-0.25, -0.2) is 23.6 Å². The lowest BCUT2D eigenvalue weighted by Crippen LogP contribution is -2.43. The van der Waals surface area contributed by atoms with Crippen molar-refractivity contribution in [2.24, 2.45) is 11.8 Å². The summed E-state index contributed by atoms with van der Waals surface area (Å²) in [6.07, 6.45) is 1.72. The number of nitrogen functional groups attached to an aromatic ring is 1. The highest BCUT2D eigenvalue weighted by Gasteiger charge is 2.51. The van der Waals surface area contributed by atoms with Crippen molar-refractivity contribution in [2.45, 2.75) is 82.8 Å². The van der Waals surface area contributed by atoms with Gasteiger partial charge in [0, 0.05) is 12.0 Å². The number of aromatic nitrogens is 4. The number of nitrogens with one attached hydrogen (secondary N) is 1. The molecule has 2 aliphatic carbocycles. The third kappa shape index (κ3) is 11.0. The van der Waals surface area contributed by atoms with Gasteiger partial charge in [-0.1, -0.05) is 38.5 Å². The van der Waals surface area contributed by atoms with Crippen molar-refractivity contribution in [2.75, 3.05) is 19.5 Å². The van der Waals surface area contributed by atoms with E-state index < -0.39 is 72.1 Å². The molecule has 2 aliphatic rings. The van der Waals surface area contributed by atoms with E-state index in [0.29, 0.717) is 12.8 Å². The minimum Gasteiger partial charge on any atom is -0.461 e. The Morgan fingerprint density at radius 2 is 1.83 bits per heavy atom. The molecule has 2 aromatic heterocycles. The molecule has 300 valence electrons. The first kappa shape index (κ1) is 42.5. The van der Waals surface area contributed by atoms with Crippen LogP contribution >= 0.6 is 35.0 Å². The van der Waals surface area contributed by atoms with Crippen molar-refractivity contribution in [3.8, 4) is 5.75 Å². The lowest BCUT2D eigenvalue weighted by atomic mass is 9.97. The van der Waals surface area contributed by atoms with E-state index in [-0.39, 0.29) is 40.5 Å². The van der Waals surface area contributed by atoms with Crippen LogP contribution < -0.4 is 15.3 Å². The second-order valence-electron chi connectivity index (χ2n) is 12.9. The second-order valence-corrected chi connectivity index (χ2v) is 18.2. The first-order valence-corrected chi connectivity index (χ1v) is 21.6. The number of hydrogen-bond acceptors (Lipinski definition) is 17. The predicted molar refractivity (Wildman–Crippen MR) is 187 cm³/mol. The smallest absolute Gasteiger partial charge is 0.461 e. The fourth-order valence-corrected chi connectivity index (χ4v) is 10.9. The van der Waals surface area contributed by atoms with Gasteiger partial charge in [0.15, 0.2) is 11.5 Å². The summed E-state index contributed by atoms with van der Waals surface area (Å²) in [6, 6.07) is 5.46. The van der Waals surface area contributed by atoms with Crippen LogP contribution in [0.15, 0.2) is 36.7 Å². The van der Waals surface area contributed by atoms with Crippen LogP contribution in [0.5, 0.6) is 5.75 Å². The summed E-state index contributed by atoms with van der Waals surface area (Å²) in [5.41, 5.74) is 6.35. The third-order valence-corrected chi connectivity index (χ3v) is 13.8. The van der Waals surface area contributed by atoms with E-state index in [0.717, 1.165) is 26.4 Å². The number of esters is 1. The lowest BCUT2D eigenvalue weighted by molar-refractivity contribution is -0.221. The SMILES string of the molecule is COOP(=O)(OP(=O)(O)OCC(OF)C(O)[C@@H]1CC1n1cnc2c(N)nc(Cl)nc21)OP(=O)(NC(C(=O)OC1CCCCC1)C(C)C)Oc1ccccc1. The number of para-hydroxylation sites is 1. The maximum Gasteiger partial charge on any atom is 0.519 e. The van der Waals surface area contributed by atoms with E-state index in [4.69, 9.17) is 35.4 Å². The Morgan fingerprint density at radius 3 is 2.48 bits per heavy atom. The molecule has 0 saturated heterocycles. The van der Waals surface area contributed by atoms with Gasteiger partial charge in [-0.2, -0.15) is 28.6 Å². The fraction of sp³-hybridized carbons (Fsp3) is 0.586. The van der Waals surface area contributed by atoms with E-state index in [9.17, 15) is 33.0 Å². The molecule has 0 spiro atoms. The molecule has 2 heterocycles. The van der Waals surface area contributed by atoms with Gasteiger partial charge in [0.05, 0.1) is 26.1 Å². The first-order chi connectivity index (χ1) is 25.6. The number of anilines is 1. The van der Waals surface area contributed by atoms with Gasteiger partial charge in [0.2, 0.25) is 5.28 Å². The summed E-state index contributed by atoms with van der Waals surface area (Å²) in [7, 11) is -15.5. The Hall–Kier alpha value is -2.61. The number of halogens is 2. The topological polar surface area (TPSA) is 264 Å². The normalized spacial score (nSPS) is 22.8. The number of carbonyl (C=O) groups is 1. The van der Waals surface area contributed by atoms with Crippen LogP contribution in [0.2, 0.25) is 5.28 Å². The number of imidazole rings is 1. The van der Waals surface area contributed by atoms with E-state index in [2.05, 4.69) is 38.9 Å². The molecule has 0 bridgehead atoms. The van der Waals surface area contributed by atoms with Crippen molar-refractivity contribution in [3.63, 3.8) is 0 Å².